The number of carboxylic acid groups (broad SMARTS) is 3. The number of aliphatic hydroxyl groups excluding tert-OH is 5. The summed E-state index contributed by atoms with van der Waals surface area (Å²) in [5.41, 5.74) is 1.49. The number of aliphatic hydroxyl groups is 10. The van der Waals surface area contributed by atoms with Gasteiger partial charge in [0, 0.05) is 386 Å². The second-order valence-electron chi connectivity index (χ2n) is 26.9. The Hall–Kier alpha value is 4.27. The zero-order chi connectivity index (χ0) is 71.0. The molecule has 0 spiro atoms. The number of nitrogens with zero attached hydrogens (tertiary/aromatic N) is 10. The van der Waals surface area contributed by atoms with Crippen LogP contribution >= 0.6 is 0 Å². The van der Waals surface area contributed by atoms with Crippen molar-refractivity contribution < 1.29 is 461 Å². The van der Waals surface area contributed by atoms with E-state index >= 15 is 0 Å². The van der Waals surface area contributed by atoms with E-state index in [9.17, 15) is 59.9 Å². The van der Waals surface area contributed by atoms with Gasteiger partial charge in [-0.1, -0.05) is 81.9 Å². The number of hydrogen-bond acceptors (Lipinski definition) is 22. The van der Waals surface area contributed by atoms with Gasteiger partial charge in [0.2, 0.25) is 24.2 Å². The van der Waals surface area contributed by atoms with E-state index < -0.39 is 141 Å². The van der Waals surface area contributed by atoms with Gasteiger partial charge in [0.05, 0.1) is 11.8 Å². The first-order chi connectivity index (χ1) is 45.6. The number of nitrogens with two attached hydrogens (primary N) is 3. The third-order valence-corrected chi connectivity index (χ3v) is 20.4. The maximum Gasteiger partial charge on any atom is 2.00 e. The van der Waals surface area contributed by atoms with Gasteiger partial charge in [-0.25, -0.2) is 0 Å². The molecule has 0 aromatic carbocycles. The molecule has 10 rings (SSSR count). The van der Waals surface area contributed by atoms with Gasteiger partial charge in [-0.3, -0.25) is 50.0 Å². The van der Waals surface area contributed by atoms with Gasteiger partial charge in [0.1, 0.15) is 0 Å². The number of piperidine rings is 5. The fraction of sp³-hybridized carbons (Fsp3) is 0.887. The second-order valence-corrected chi connectivity index (χ2v) is 26.9. The molecule has 0 amide bonds. The minimum Gasteiger partial charge on any atom is -0.693 e. The van der Waals surface area contributed by atoms with Gasteiger partial charge in [-0.2, -0.15) is 6.20 Å². The summed E-state index contributed by atoms with van der Waals surface area (Å²) in [6.07, 6.45) is 11.6. The van der Waals surface area contributed by atoms with Gasteiger partial charge in [0.25, 0.3) is 0 Å². The van der Waals surface area contributed by atoms with Crippen LogP contribution in [-0.4, -0.2) is 281 Å². The topological polar surface area (TPSA) is 1020 Å². The van der Waals surface area contributed by atoms with Crippen LogP contribution in [0.15, 0.2) is 23.9 Å². The minimum atomic E-state index is -1.71. The quantitative estimate of drug-likeness (QED) is 0.0247. The number of carboxylic acids is 3. The van der Waals surface area contributed by atoms with E-state index in [1.165, 1.54) is 69.8 Å². The fourth-order valence-corrected chi connectivity index (χ4v) is 14.7. The van der Waals surface area contributed by atoms with E-state index in [1.54, 1.807) is 0 Å². The van der Waals surface area contributed by atoms with Gasteiger partial charge in [-0.15, -0.1) is 72.0 Å². The van der Waals surface area contributed by atoms with E-state index in [1.807, 2.05) is 6.20 Å². The SMILES string of the molecule is C1=CC(C2CC[N-]CC2)=CC[N-]1.C1CC(C2CC[N-]CC2)CC[N-]1.C1CC(C2CC[N-]CC2)CC[N-]1.O.O.O.O.O.O.O.O.O.O.O=C(O)C1CC(C(O)O)CC([N+](=O)[O-])C1.O=C(O)C1CC(C(O)O)CC([N+](=O)[O-])C1.O=C([O-])C1CC(C(O)O)CC([N+](=O)[O-])C1.O=[N+]([O-])C1CC(C(O)O)CC(C(O)O)C1.[Cd+2].[Cd].[Cd].[Cd].[Cd].[Cd].[Cd].[Cd].[Cd].[Cd].[Cd].[NH2-].[NH2-].[NH2-].[OH3+]. The van der Waals surface area contributed by atoms with Crippen molar-refractivity contribution in [3.05, 3.63) is 115 Å². The maximum atomic E-state index is 10.7. The zero-order valence-corrected chi connectivity index (χ0v) is 114. The maximum absolute atomic E-state index is 10.7. The first-order valence-electron chi connectivity index (χ1n) is 33.8. The molecule has 6 heterocycles. The van der Waals surface area contributed by atoms with E-state index in [0.717, 1.165) is 102 Å². The fourth-order valence-electron chi connectivity index (χ4n) is 14.7. The Bertz CT molecular complexity index is 2190. The van der Waals surface area contributed by atoms with Crippen LogP contribution in [0.4, 0.5) is 0 Å². The molecular weight excluding hydrogens is 2720 g/mol. The summed E-state index contributed by atoms with van der Waals surface area (Å²) in [7, 11) is 0. The summed E-state index contributed by atoms with van der Waals surface area (Å²) in [6, 6.07) is -3.95. The molecule has 11 atom stereocenters. The van der Waals surface area contributed by atoms with Crippen LogP contribution in [0.2, 0.25) is 0 Å². The Kier molecular flexibility index (Phi) is 152. The van der Waals surface area contributed by atoms with E-state index in [0.29, 0.717) is 0 Å². The Labute approximate surface area is 926 Å². The molecule has 10 aliphatic rings. The smallest absolute Gasteiger partial charge is 0.693 e. The molecule has 0 radical (unpaired) electrons. The van der Waals surface area contributed by atoms with Gasteiger partial charge in [-0.05, 0) is 55.3 Å². The van der Waals surface area contributed by atoms with Gasteiger partial charge < -0.3 is 182 Å². The number of nitro groups is 4. The van der Waals surface area contributed by atoms with Gasteiger partial charge in [0.15, 0.2) is 31.5 Å². The van der Waals surface area contributed by atoms with Crippen molar-refractivity contribution in [3.8, 4) is 0 Å². The molecule has 48 nitrogen and oxygen atoms in total. The van der Waals surface area contributed by atoms with Crippen LogP contribution in [0.5, 0.6) is 0 Å². The van der Waals surface area contributed by atoms with Crippen LogP contribution < -0.4 is 5.11 Å². The molecule has 59 heteroatoms. The summed E-state index contributed by atoms with van der Waals surface area (Å²) in [5, 5.41) is 186. The van der Waals surface area contributed by atoms with E-state index in [2.05, 4.69) is 44.1 Å². The Balaban J connectivity index is -0.0000000457. The first-order valence-corrected chi connectivity index (χ1v) is 33.8. The third kappa shape index (κ3) is 72.3. The predicted molar refractivity (Wildman–Crippen MR) is 399 cm³/mol. The second kappa shape index (κ2) is 102. The van der Waals surface area contributed by atoms with Crippen molar-refractivity contribution in [2.45, 2.75) is 197 Å². The number of carbonyl (C=O) groups is 3. The monoisotopic (exact) mass is 2870 g/mol. The molecule has 5 saturated heterocycles. The van der Waals surface area contributed by atoms with Crippen LogP contribution in [0.3, 0.4) is 0 Å². The summed E-state index contributed by atoms with van der Waals surface area (Å²) < 4.78 is 0. The van der Waals surface area contributed by atoms with Crippen LogP contribution in [0.25, 0.3) is 50.4 Å². The zero-order valence-electron chi connectivity index (χ0n) is 69.6. The van der Waals surface area contributed by atoms with Crippen molar-refractivity contribution in [3.63, 3.8) is 0 Å². The van der Waals surface area contributed by atoms with Crippen molar-refractivity contribution in [2.75, 3.05) is 72.0 Å². The normalized spacial score (nSPS) is 23.9. The number of carbonyl (C=O) groups excluding carboxylic acids is 1. The van der Waals surface area contributed by atoms with E-state index in [-0.39, 0.29) is 456 Å². The molecule has 684 valence electrons. The van der Waals surface area contributed by atoms with E-state index in [4.69, 9.17) is 61.3 Å². The average molecular weight is 2860 g/mol. The Morgan fingerprint density at radius 2 is 0.537 bits per heavy atom. The number of aliphatic carboxylic acids is 3. The summed E-state index contributed by atoms with van der Waals surface area (Å²) in [6.45, 7) is 12.0. The minimum absolute atomic E-state index is 0. The Morgan fingerprint density at radius 3 is 0.727 bits per heavy atom. The Morgan fingerprint density at radius 1 is 0.339 bits per heavy atom. The number of hydrogen-bond donors (Lipinski definition) is 12. The third-order valence-electron chi connectivity index (χ3n) is 20.4. The molecule has 0 aromatic rings. The molecule has 9 fully saturated rings. The van der Waals surface area contributed by atoms with Crippen LogP contribution in [0.1, 0.15) is 141 Å². The molecule has 4 aliphatic carbocycles. The van der Waals surface area contributed by atoms with Crippen molar-refractivity contribution in [1.29, 1.82) is 0 Å². The standard InChI is InChI=1S/2C10H18N2.C10H14N2.C8H15NO6.3C8H13NO6.11Cd.3H2N.11H2O/c3*1-5-11-6-2-9(1)10-3-7-12-8-4-10;4*10-7(11)4-1-5(8(12)13)3-6(2-4)9(14)15;;;;;;;;;;;;;;;;;;;;;;;;;/h2*9-10H,1-8H2;1-2,5,10H,3-4,6-8H2;4-8,10-13H,1-3H2;3*4-7,10-11H,1-3H2,(H,12,13);;;;;;;;;;;;14*1H2/q3*-2;;;;;;;;;;;;;;;+2;3*-1;;;;;;;;;;;. The van der Waals surface area contributed by atoms with Crippen LogP contribution in [0, 0.1) is 117 Å². The largest absolute Gasteiger partial charge is 2.00 e. The van der Waals surface area contributed by atoms with Crippen molar-refractivity contribution in [2.24, 2.45) is 76.9 Å². The number of rotatable bonds is 15. The van der Waals surface area contributed by atoms with Crippen molar-refractivity contribution >= 4 is 17.9 Å². The average Bonchev–Trinajstić information content (AvgIpc) is 0.849. The molecule has 4 saturated carbocycles. The first kappa shape index (κ1) is 181. The number of allylic oxidation sites excluding steroid dienone is 2. The summed E-state index contributed by atoms with van der Waals surface area (Å²) >= 11 is 0. The van der Waals surface area contributed by atoms with Crippen molar-refractivity contribution in [1.82, 2.24) is 0 Å². The molecular formula is C62H132Cd11N13O35-7. The molecule has 6 aliphatic heterocycles. The molecule has 0 bridgehead atoms. The molecule has 41 N–H and O–H groups in total. The molecule has 0 aromatic heterocycles. The van der Waals surface area contributed by atoms with Crippen LogP contribution in [-0.2, 0) is 320 Å². The predicted octanol–water partition coefficient (Wildman–Crippen LogP) is -3.68. The molecule has 11 unspecified atom stereocenters. The summed E-state index contributed by atoms with van der Waals surface area (Å²) in [5.74, 6) is -5.15. The van der Waals surface area contributed by atoms with Gasteiger partial charge >= 0.3 is 39.2 Å². The molecule has 121 heavy (non-hydrogen) atoms. The summed E-state index contributed by atoms with van der Waals surface area (Å²) in [4.78, 5) is 72.0.